The second kappa shape index (κ2) is 30.5. The van der Waals surface area contributed by atoms with E-state index in [1.807, 2.05) is 134 Å². The third-order valence-corrected chi connectivity index (χ3v) is 23.8. The summed E-state index contributed by atoms with van der Waals surface area (Å²) in [7, 11) is 1.60. The monoisotopic (exact) mass is 1250 g/mol. The van der Waals surface area contributed by atoms with Crippen molar-refractivity contribution in [2.24, 2.45) is 10.8 Å². The number of hydrogen-bond donors (Lipinski definition) is 0. The first-order chi connectivity index (χ1) is 41.6. The van der Waals surface area contributed by atoms with E-state index in [0.29, 0.717) is 51.7 Å². The maximum Gasteiger partial charge on any atom is 0.302 e. The van der Waals surface area contributed by atoms with Gasteiger partial charge < -0.3 is 51.8 Å². The van der Waals surface area contributed by atoms with Gasteiger partial charge in [-0.15, -0.1) is 0 Å². The van der Waals surface area contributed by atoms with Crippen LogP contribution in [0.3, 0.4) is 0 Å². The zero-order valence-corrected chi connectivity index (χ0v) is 56.9. The number of methoxy groups -OCH3 is 3. The van der Waals surface area contributed by atoms with Crippen molar-refractivity contribution >= 4 is 47.3 Å². The molecule has 10 atom stereocenters. The summed E-state index contributed by atoms with van der Waals surface area (Å²) in [5.74, 6) is -2.82. The lowest BCUT2D eigenvalue weighted by atomic mass is 9.70. The molecule has 0 aliphatic carbocycles. The summed E-state index contributed by atoms with van der Waals surface area (Å²) in [5, 5.41) is 1.84. The molecular weight excluding hydrogens is 1150 g/mol. The standard InChI is InChI=1S/C72H100O14SSi/c1-50-40-56(38-39-69(10,11)72(78-16)64(74)37-36-57(85-72)43-63(80-48-54-32-34-55(76-14)35-33-54)51(2)81-49-79-47-53-26-20-17-21-27-53)83-60(41-50)46-71(77-15)70(12,13)65(82-52(3)73)44-58(84-71)42-59(45-66(75)87-67(4,5)6)86-88(68(7,8)9,61-28-22-18-23-29-61)62-30-24-19-25-31-62/h17-35,38-39,51,56-60,63,65H,1,36-37,40-49H2,2-16H3/b39-38+/t51-,56+,57+,58-,59-,60+,63-,65+,71+,72-/m1/s1. The third kappa shape index (κ3) is 17.6. The van der Waals surface area contributed by atoms with Gasteiger partial charge in [0.2, 0.25) is 5.79 Å². The van der Waals surface area contributed by atoms with Crippen LogP contribution in [0.5, 0.6) is 5.75 Å². The Morgan fingerprint density at radius 1 is 0.761 bits per heavy atom. The van der Waals surface area contributed by atoms with Crippen LogP contribution in [-0.2, 0) is 74.7 Å². The second-order valence-electron chi connectivity index (χ2n) is 27.2. The highest BCUT2D eigenvalue weighted by Gasteiger charge is 2.60. The van der Waals surface area contributed by atoms with Crippen LogP contribution in [0.15, 0.2) is 140 Å². The number of carbonyl (C=O) groups excluding carboxylic acids is 3. The molecule has 3 heterocycles. The Morgan fingerprint density at radius 2 is 1.38 bits per heavy atom. The van der Waals surface area contributed by atoms with Crippen molar-refractivity contribution < 1.29 is 66.2 Å². The van der Waals surface area contributed by atoms with Crippen molar-refractivity contribution in [2.45, 2.75) is 224 Å². The van der Waals surface area contributed by atoms with Crippen LogP contribution in [0.2, 0.25) is 5.04 Å². The molecule has 3 fully saturated rings. The minimum atomic E-state index is -3.20. The van der Waals surface area contributed by atoms with Crippen molar-refractivity contribution in [3.63, 3.8) is 0 Å². The van der Waals surface area contributed by atoms with Crippen LogP contribution in [0.4, 0.5) is 0 Å². The van der Waals surface area contributed by atoms with E-state index in [2.05, 4.69) is 75.9 Å². The van der Waals surface area contributed by atoms with Gasteiger partial charge in [-0.05, 0) is 71.3 Å². The van der Waals surface area contributed by atoms with Gasteiger partial charge >= 0.3 is 5.97 Å². The molecule has 0 radical (unpaired) electrons. The van der Waals surface area contributed by atoms with Gasteiger partial charge in [0, 0.05) is 63.4 Å². The predicted octanol–water partition coefficient (Wildman–Crippen LogP) is 13.6. The third-order valence-electron chi connectivity index (χ3n) is 17.7. The summed E-state index contributed by atoms with van der Waals surface area (Å²) in [6, 6.07) is 38.5. The second-order valence-corrected chi connectivity index (χ2v) is 33.3. The van der Waals surface area contributed by atoms with Crippen molar-refractivity contribution in [1.29, 1.82) is 0 Å². The Balaban J connectivity index is 1.12. The minimum Gasteiger partial charge on any atom is -0.497 e. The highest BCUT2D eigenvalue weighted by Crippen LogP contribution is 2.52. The molecule has 7 rings (SSSR count). The summed E-state index contributed by atoms with van der Waals surface area (Å²) in [4.78, 5) is 41.8. The summed E-state index contributed by atoms with van der Waals surface area (Å²) in [6.45, 7) is 29.4. The van der Waals surface area contributed by atoms with Crippen LogP contribution in [0.25, 0.3) is 0 Å². The van der Waals surface area contributed by atoms with Crippen LogP contribution >= 0.6 is 11.8 Å². The van der Waals surface area contributed by atoms with Crippen LogP contribution in [0.1, 0.15) is 152 Å². The smallest absolute Gasteiger partial charge is 0.302 e. The highest BCUT2D eigenvalue weighted by molar-refractivity contribution is 8.14. The minimum absolute atomic E-state index is 0.0185. The van der Waals surface area contributed by atoms with Gasteiger partial charge in [0.1, 0.15) is 18.6 Å². The van der Waals surface area contributed by atoms with Gasteiger partial charge in [-0.1, -0.05) is 208 Å². The van der Waals surface area contributed by atoms with Gasteiger partial charge in [0.05, 0.1) is 68.5 Å². The lowest BCUT2D eigenvalue weighted by molar-refractivity contribution is -0.358. The molecule has 3 aliphatic heterocycles. The normalized spacial score (nSPS) is 24.8. The van der Waals surface area contributed by atoms with E-state index in [9.17, 15) is 14.4 Å². The van der Waals surface area contributed by atoms with E-state index < -0.39 is 85.5 Å². The number of esters is 1. The van der Waals surface area contributed by atoms with Crippen molar-refractivity contribution in [2.75, 3.05) is 28.1 Å². The fraction of sp³-hybridized carbons (Fsp3) is 0.569. The average Bonchev–Trinajstić information content (AvgIpc) is 0.915. The summed E-state index contributed by atoms with van der Waals surface area (Å²) >= 11 is 1.32. The molecular formula is C72H100O14SSi. The van der Waals surface area contributed by atoms with E-state index in [0.717, 1.165) is 32.8 Å². The molecule has 0 amide bonds. The molecule has 4 aromatic carbocycles. The Bertz CT molecular complexity index is 2870. The average molecular weight is 1250 g/mol. The van der Waals surface area contributed by atoms with Gasteiger partial charge in [-0.25, -0.2) is 0 Å². The Kier molecular flexibility index (Phi) is 24.5. The first kappa shape index (κ1) is 70.6. The maximum absolute atomic E-state index is 14.4. The molecule has 3 aliphatic rings. The lowest BCUT2D eigenvalue weighted by Crippen LogP contribution is -2.68. The fourth-order valence-corrected chi connectivity index (χ4v) is 18.6. The van der Waals surface area contributed by atoms with Crippen LogP contribution in [0, 0.1) is 10.8 Å². The molecule has 0 bridgehead atoms. The zero-order valence-electron chi connectivity index (χ0n) is 55.1. The first-order valence-corrected chi connectivity index (χ1v) is 34.0. The highest BCUT2D eigenvalue weighted by atomic mass is 32.2. The SMILES string of the molecule is C=C1C[C@@H](C[C@]2(OC)O[C@H](C[C@H](CC(=O)SC(C)(C)C)O[Si](c3ccccc3)(c3ccccc3)C(C)(C)C)C[C@H](OC(C)=O)C2(C)C)O[C@@H](/C=C/C(C)(C)[C@]2(OC)O[C@H](C[C@@H](OCc3ccc(OC)cc3)[C@@H](C)OCOCc3ccccc3)CCC2=O)C1. The van der Waals surface area contributed by atoms with Gasteiger partial charge in [-0.2, -0.15) is 0 Å². The van der Waals surface area contributed by atoms with Gasteiger partial charge in [0.25, 0.3) is 8.32 Å². The number of hydrogen-bond acceptors (Lipinski definition) is 15. The number of carbonyl (C=O) groups is 3. The number of ether oxygens (including phenoxy) is 10. The molecule has 0 saturated carbocycles. The predicted molar refractivity (Wildman–Crippen MR) is 349 cm³/mol. The fourth-order valence-electron chi connectivity index (χ4n) is 13.0. The van der Waals surface area contributed by atoms with E-state index in [4.69, 9.17) is 51.8 Å². The number of ketones is 1. The van der Waals surface area contributed by atoms with Crippen molar-refractivity contribution in [1.82, 2.24) is 0 Å². The molecule has 0 aromatic heterocycles. The van der Waals surface area contributed by atoms with E-state index >= 15 is 0 Å². The Labute approximate surface area is 530 Å². The molecule has 16 heteroatoms. The van der Waals surface area contributed by atoms with E-state index in [1.165, 1.54) is 25.8 Å². The Hall–Kier alpha value is -4.82. The van der Waals surface area contributed by atoms with Gasteiger partial charge in [0.15, 0.2) is 16.7 Å². The maximum atomic E-state index is 14.4. The van der Waals surface area contributed by atoms with E-state index in [1.54, 1.807) is 14.2 Å². The lowest BCUT2D eigenvalue weighted by Gasteiger charge is -2.56. The van der Waals surface area contributed by atoms with Crippen molar-refractivity contribution in [3.8, 4) is 5.75 Å². The van der Waals surface area contributed by atoms with Crippen molar-refractivity contribution in [3.05, 3.63) is 151 Å². The molecule has 4 aromatic rings. The van der Waals surface area contributed by atoms with Crippen LogP contribution in [-0.4, -0.2) is 118 Å². The largest absolute Gasteiger partial charge is 0.497 e. The summed E-state index contributed by atoms with van der Waals surface area (Å²) in [5.41, 5.74) is 1.09. The van der Waals surface area contributed by atoms with Gasteiger partial charge in [-0.3, -0.25) is 14.4 Å². The number of benzene rings is 4. The molecule has 0 unspecified atom stereocenters. The topological polar surface area (TPSA) is 153 Å². The Morgan fingerprint density at radius 3 is 1.94 bits per heavy atom. The number of rotatable bonds is 28. The summed E-state index contributed by atoms with van der Waals surface area (Å²) < 4.78 is 72.2. The molecule has 0 spiro atoms. The van der Waals surface area contributed by atoms with E-state index in [-0.39, 0.29) is 46.7 Å². The number of thioether (sulfide) groups is 1. The zero-order chi connectivity index (χ0) is 64.1. The summed E-state index contributed by atoms with van der Waals surface area (Å²) in [6.07, 6.45) is 3.17. The molecule has 88 heavy (non-hydrogen) atoms. The first-order valence-electron chi connectivity index (χ1n) is 31.2. The number of Topliss-reactive ketones (excluding diaryl/α,β-unsaturated/α-hetero) is 1. The molecule has 0 N–H and O–H groups in total. The van der Waals surface area contributed by atoms with Crippen LogP contribution < -0.4 is 15.1 Å². The molecule has 3 saturated heterocycles. The molecule has 482 valence electrons. The quantitative estimate of drug-likeness (QED) is 0.0174. The molecule has 14 nitrogen and oxygen atoms in total.